The van der Waals surface area contributed by atoms with E-state index in [2.05, 4.69) is 10.3 Å². The average molecular weight is 512 g/mol. The van der Waals surface area contributed by atoms with Crippen molar-refractivity contribution in [1.82, 2.24) is 9.88 Å². The second-order valence-electron chi connectivity index (χ2n) is 8.44. The normalized spacial score (nSPS) is 24.5. The molecule has 0 radical (unpaired) electrons. The zero-order valence-corrected chi connectivity index (χ0v) is 20.2. The lowest BCUT2D eigenvalue weighted by Crippen LogP contribution is -2.60. The number of carbonyl (C=O) groups is 3. The summed E-state index contributed by atoms with van der Waals surface area (Å²) >= 11 is 1.11. The molecule has 3 heterocycles. The standard InChI is InChI=1S/C24H21N3O6S2/c1-24(22(30)26-23-25-12-13-34-23)20(27-17(28)14-18(27)35(24,31)32)21(29)33-19(15-8-4-2-5-9-15)16-10-6-3-7-11-16/h2-13,18-20H,14H2,1H3,(H,25,26,30)/t18-,20+,24-/m1/s1. The second-order valence-corrected chi connectivity index (χ2v) is 11.8. The van der Waals surface area contributed by atoms with Crippen LogP contribution in [0.5, 0.6) is 0 Å². The first kappa shape index (κ1) is 23.2. The smallest absolute Gasteiger partial charge is 0.332 e. The summed E-state index contributed by atoms with van der Waals surface area (Å²) in [5.41, 5.74) is 1.32. The van der Waals surface area contributed by atoms with Gasteiger partial charge in [0.15, 0.2) is 31.9 Å². The largest absolute Gasteiger partial charge is 0.451 e. The minimum atomic E-state index is -4.25. The Kier molecular flexibility index (Phi) is 5.68. The Bertz CT molecular complexity index is 1340. The monoisotopic (exact) mass is 511 g/mol. The summed E-state index contributed by atoms with van der Waals surface area (Å²) in [6.07, 6.45) is 0.306. The van der Waals surface area contributed by atoms with E-state index in [4.69, 9.17) is 4.74 Å². The maximum Gasteiger partial charge on any atom is 0.332 e. The molecule has 1 N–H and O–H groups in total. The number of carbonyl (C=O) groups excluding carboxylic acids is 3. The van der Waals surface area contributed by atoms with E-state index in [1.165, 1.54) is 13.1 Å². The number of ether oxygens (including phenoxy) is 1. The van der Waals surface area contributed by atoms with Crippen LogP contribution in [0, 0.1) is 0 Å². The maximum absolute atomic E-state index is 13.7. The molecule has 3 aromatic rings. The number of amides is 2. The third-order valence-corrected chi connectivity index (χ3v) is 9.85. The predicted molar refractivity (Wildman–Crippen MR) is 128 cm³/mol. The summed E-state index contributed by atoms with van der Waals surface area (Å²) in [4.78, 5) is 44.4. The maximum atomic E-state index is 13.7. The topological polar surface area (TPSA) is 123 Å². The lowest BCUT2D eigenvalue weighted by Gasteiger charge is -2.36. The number of anilines is 1. The molecule has 5 rings (SSSR count). The number of β-lactam (4-membered cyclic amide) rings is 1. The van der Waals surface area contributed by atoms with Crippen LogP contribution in [-0.2, 0) is 29.0 Å². The number of benzene rings is 2. The number of thiazole rings is 1. The molecule has 0 bridgehead atoms. The molecule has 2 aromatic carbocycles. The first-order valence-corrected chi connectivity index (χ1v) is 13.2. The van der Waals surface area contributed by atoms with Crippen LogP contribution in [0.4, 0.5) is 5.13 Å². The number of esters is 1. The molecule has 180 valence electrons. The van der Waals surface area contributed by atoms with Gasteiger partial charge in [0.1, 0.15) is 5.37 Å². The SMILES string of the molecule is C[C@]1(C(=O)Nc2nccs2)[C@H](C(=O)OC(c2ccccc2)c2ccccc2)N2C(=O)C[C@H]2S1(=O)=O. The number of fused-ring (bicyclic) bond motifs is 1. The van der Waals surface area contributed by atoms with Crippen molar-refractivity contribution >= 4 is 44.1 Å². The molecule has 2 saturated heterocycles. The zero-order chi connectivity index (χ0) is 24.8. The lowest BCUT2D eigenvalue weighted by molar-refractivity contribution is -0.165. The zero-order valence-electron chi connectivity index (χ0n) is 18.5. The first-order valence-electron chi connectivity index (χ1n) is 10.8. The molecule has 2 aliphatic rings. The van der Waals surface area contributed by atoms with E-state index in [0.29, 0.717) is 11.1 Å². The Hall–Kier alpha value is -3.57. The molecule has 9 nitrogen and oxygen atoms in total. The fourth-order valence-electron chi connectivity index (χ4n) is 4.54. The van der Waals surface area contributed by atoms with E-state index in [9.17, 15) is 22.8 Å². The van der Waals surface area contributed by atoms with Crippen LogP contribution in [0.1, 0.15) is 30.6 Å². The molecule has 35 heavy (non-hydrogen) atoms. The van der Waals surface area contributed by atoms with E-state index in [1.807, 2.05) is 12.1 Å². The number of sulfone groups is 1. The van der Waals surface area contributed by atoms with Gasteiger partial charge in [-0.2, -0.15) is 0 Å². The Morgan fingerprint density at radius 3 is 2.23 bits per heavy atom. The number of hydrogen-bond donors (Lipinski definition) is 1. The van der Waals surface area contributed by atoms with Crippen LogP contribution in [0.15, 0.2) is 72.2 Å². The Labute approximate surface area is 205 Å². The van der Waals surface area contributed by atoms with Crippen LogP contribution >= 0.6 is 11.3 Å². The molecule has 11 heteroatoms. The molecule has 2 aliphatic heterocycles. The Morgan fingerprint density at radius 2 is 1.71 bits per heavy atom. The van der Waals surface area contributed by atoms with Gasteiger partial charge in [-0.1, -0.05) is 60.7 Å². The van der Waals surface area contributed by atoms with Crippen molar-refractivity contribution in [2.75, 3.05) is 5.32 Å². The molecule has 3 atom stereocenters. The van der Waals surface area contributed by atoms with Crippen molar-refractivity contribution in [3.8, 4) is 0 Å². The van der Waals surface area contributed by atoms with Gasteiger partial charge in [0.05, 0.1) is 6.42 Å². The van der Waals surface area contributed by atoms with Gasteiger partial charge in [-0.3, -0.25) is 9.59 Å². The van der Waals surface area contributed by atoms with Gasteiger partial charge in [0.2, 0.25) is 11.8 Å². The lowest BCUT2D eigenvalue weighted by atomic mass is 9.95. The predicted octanol–water partition coefficient (Wildman–Crippen LogP) is 2.53. The summed E-state index contributed by atoms with van der Waals surface area (Å²) in [6, 6.07) is 16.3. The number of nitrogens with zero attached hydrogens (tertiary/aromatic N) is 2. The van der Waals surface area contributed by atoms with E-state index < -0.39 is 49.9 Å². The van der Waals surface area contributed by atoms with Crippen LogP contribution in [0.2, 0.25) is 0 Å². The minimum Gasteiger partial charge on any atom is -0.451 e. The summed E-state index contributed by atoms with van der Waals surface area (Å²) in [5.74, 6) is -2.44. The van der Waals surface area contributed by atoms with E-state index in [-0.39, 0.29) is 11.6 Å². The average Bonchev–Trinajstić information content (AvgIpc) is 3.41. The van der Waals surface area contributed by atoms with Crippen LogP contribution in [0.25, 0.3) is 0 Å². The van der Waals surface area contributed by atoms with Gasteiger partial charge in [-0.15, -0.1) is 11.3 Å². The Morgan fingerprint density at radius 1 is 1.11 bits per heavy atom. The highest BCUT2D eigenvalue weighted by atomic mass is 32.2. The number of hydrogen-bond acceptors (Lipinski definition) is 8. The van der Waals surface area contributed by atoms with Gasteiger partial charge < -0.3 is 15.0 Å². The number of aromatic nitrogens is 1. The second kappa shape index (κ2) is 8.58. The van der Waals surface area contributed by atoms with E-state index in [0.717, 1.165) is 16.2 Å². The third-order valence-electron chi connectivity index (χ3n) is 6.46. The fourth-order valence-corrected chi connectivity index (χ4v) is 7.36. The summed E-state index contributed by atoms with van der Waals surface area (Å²) in [6.45, 7) is 1.17. The van der Waals surface area contributed by atoms with E-state index >= 15 is 0 Å². The Balaban J connectivity index is 1.54. The quantitative estimate of drug-likeness (QED) is 0.399. The van der Waals surface area contributed by atoms with Crippen molar-refractivity contribution in [3.63, 3.8) is 0 Å². The minimum absolute atomic E-state index is 0.186. The van der Waals surface area contributed by atoms with Crippen molar-refractivity contribution in [3.05, 3.63) is 83.4 Å². The van der Waals surface area contributed by atoms with Crippen LogP contribution < -0.4 is 5.32 Å². The number of rotatable bonds is 6. The highest BCUT2D eigenvalue weighted by molar-refractivity contribution is 7.94. The van der Waals surface area contributed by atoms with Crippen LogP contribution in [0.3, 0.4) is 0 Å². The molecule has 0 spiro atoms. The third kappa shape index (κ3) is 3.62. The molecular formula is C24H21N3O6S2. The molecule has 0 unspecified atom stereocenters. The summed E-state index contributed by atoms with van der Waals surface area (Å²) in [7, 11) is -4.25. The van der Waals surface area contributed by atoms with Crippen molar-refractivity contribution < 1.29 is 27.5 Å². The van der Waals surface area contributed by atoms with Crippen molar-refractivity contribution in [2.45, 2.75) is 35.6 Å². The fraction of sp³-hybridized carbons (Fsp3) is 0.250. The van der Waals surface area contributed by atoms with Gasteiger partial charge in [0, 0.05) is 11.6 Å². The molecule has 2 fully saturated rings. The molecular weight excluding hydrogens is 490 g/mol. The van der Waals surface area contributed by atoms with Gasteiger partial charge in [-0.25, -0.2) is 18.2 Å². The van der Waals surface area contributed by atoms with Crippen LogP contribution in [-0.4, -0.2) is 52.2 Å². The van der Waals surface area contributed by atoms with Crippen molar-refractivity contribution in [2.24, 2.45) is 0 Å². The van der Waals surface area contributed by atoms with Gasteiger partial charge in [0.25, 0.3) is 0 Å². The first-order chi connectivity index (χ1) is 16.7. The van der Waals surface area contributed by atoms with Gasteiger partial charge >= 0.3 is 5.97 Å². The van der Waals surface area contributed by atoms with E-state index in [1.54, 1.807) is 53.9 Å². The summed E-state index contributed by atoms with van der Waals surface area (Å²) in [5, 5.41) is 3.04. The van der Waals surface area contributed by atoms with Crippen molar-refractivity contribution in [1.29, 1.82) is 0 Å². The number of nitrogens with one attached hydrogen (secondary N) is 1. The summed E-state index contributed by atoms with van der Waals surface area (Å²) < 4.78 is 30.5. The molecule has 2 amide bonds. The highest BCUT2D eigenvalue weighted by Crippen LogP contribution is 2.47. The highest BCUT2D eigenvalue weighted by Gasteiger charge is 2.73. The molecule has 0 aliphatic carbocycles. The molecule has 0 saturated carbocycles. The molecule has 1 aromatic heterocycles. The van der Waals surface area contributed by atoms with Gasteiger partial charge in [-0.05, 0) is 18.1 Å².